The highest BCUT2D eigenvalue weighted by atomic mass is 32.2. The van der Waals surface area contributed by atoms with Gasteiger partial charge in [0.2, 0.25) is 0 Å². The van der Waals surface area contributed by atoms with Gasteiger partial charge in [0.05, 0.1) is 0 Å². The maximum atomic E-state index is 12.1. The van der Waals surface area contributed by atoms with E-state index in [9.17, 15) is 13.2 Å². The van der Waals surface area contributed by atoms with E-state index in [1.165, 1.54) is 0 Å². The fourth-order valence-corrected chi connectivity index (χ4v) is 3.68. The molecule has 0 spiro atoms. The van der Waals surface area contributed by atoms with Gasteiger partial charge in [0.25, 0.3) is 10.2 Å². The van der Waals surface area contributed by atoms with Crippen LogP contribution in [0.2, 0.25) is 0 Å². The molecule has 1 saturated heterocycles. The van der Waals surface area contributed by atoms with Crippen LogP contribution in [0.1, 0.15) is 32.6 Å². The minimum absolute atomic E-state index is 0.119. The number of carbonyl (C=O) groups is 1. The summed E-state index contributed by atoms with van der Waals surface area (Å²) in [6, 6.07) is -1.41. The van der Waals surface area contributed by atoms with Crippen LogP contribution in [0.25, 0.3) is 0 Å². The summed E-state index contributed by atoms with van der Waals surface area (Å²) in [6.07, 6.45) is 2.02. The molecular formula is C10H20N2O5S. The van der Waals surface area contributed by atoms with Crippen molar-refractivity contribution in [1.29, 1.82) is 0 Å². The summed E-state index contributed by atoms with van der Waals surface area (Å²) in [5.41, 5.74) is 0. The molecule has 0 aromatic carbocycles. The Hall–Kier alpha value is -0.700. The lowest BCUT2D eigenvalue weighted by atomic mass is 10.1. The smallest absolute Gasteiger partial charge is 0.322 e. The molecule has 106 valence electrons. The SMILES string of the molecule is CC(CCO)NS(=O)(=O)N1CCCCC1C(=O)O. The number of hydrogen-bond donors (Lipinski definition) is 3. The number of rotatable bonds is 6. The van der Waals surface area contributed by atoms with Crippen molar-refractivity contribution >= 4 is 16.2 Å². The molecule has 0 amide bonds. The summed E-state index contributed by atoms with van der Waals surface area (Å²) in [5, 5.41) is 17.8. The molecule has 8 heteroatoms. The largest absolute Gasteiger partial charge is 0.480 e. The second kappa shape index (κ2) is 6.46. The molecule has 3 N–H and O–H groups in total. The van der Waals surface area contributed by atoms with Gasteiger partial charge < -0.3 is 10.2 Å². The standard InChI is InChI=1S/C10H20N2O5S/c1-8(5-7-13)11-18(16,17)12-6-3-2-4-9(12)10(14)15/h8-9,11,13H,2-7H2,1H3,(H,14,15). The third-order valence-corrected chi connectivity index (χ3v) is 4.71. The van der Waals surface area contributed by atoms with Crippen LogP contribution in [0.5, 0.6) is 0 Å². The minimum Gasteiger partial charge on any atom is -0.480 e. The van der Waals surface area contributed by atoms with Gasteiger partial charge >= 0.3 is 5.97 Å². The molecule has 2 atom stereocenters. The summed E-state index contributed by atoms with van der Waals surface area (Å²) in [4.78, 5) is 11.0. The Balaban J connectivity index is 2.78. The zero-order chi connectivity index (χ0) is 13.8. The fourth-order valence-electron chi connectivity index (χ4n) is 2.01. The van der Waals surface area contributed by atoms with E-state index in [-0.39, 0.29) is 13.2 Å². The van der Waals surface area contributed by atoms with E-state index in [4.69, 9.17) is 10.2 Å². The van der Waals surface area contributed by atoms with E-state index in [0.717, 1.165) is 10.7 Å². The normalized spacial score (nSPS) is 23.8. The van der Waals surface area contributed by atoms with E-state index in [1.807, 2.05) is 0 Å². The van der Waals surface area contributed by atoms with Crippen molar-refractivity contribution in [2.75, 3.05) is 13.2 Å². The lowest BCUT2D eigenvalue weighted by molar-refractivity contribution is -0.142. The zero-order valence-electron chi connectivity index (χ0n) is 10.4. The molecular weight excluding hydrogens is 260 g/mol. The highest BCUT2D eigenvalue weighted by Gasteiger charge is 2.37. The monoisotopic (exact) mass is 280 g/mol. The van der Waals surface area contributed by atoms with Gasteiger partial charge in [-0.1, -0.05) is 0 Å². The van der Waals surface area contributed by atoms with Gasteiger partial charge in [-0.2, -0.15) is 17.4 Å². The summed E-state index contributed by atoms with van der Waals surface area (Å²) in [5.74, 6) is -1.12. The van der Waals surface area contributed by atoms with Gasteiger partial charge in [-0.05, 0) is 32.6 Å². The van der Waals surface area contributed by atoms with Crippen molar-refractivity contribution in [3.05, 3.63) is 0 Å². The van der Waals surface area contributed by atoms with Crippen LogP contribution in [0.15, 0.2) is 0 Å². The molecule has 0 saturated carbocycles. The van der Waals surface area contributed by atoms with Crippen LogP contribution in [-0.2, 0) is 15.0 Å². The molecule has 1 fully saturated rings. The van der Waals surface area contributed by atoms with E-state index < -0.39 is 28.3 Å². The number of piperidine rings is 1. The van der Waals surface area contributed by atoms with Crippen LogP contribution in [0.4, 0.5) is 0 Å². The molecule has 2 unspecified atom stereocenters. The predicted octanol–water partition coefficient (Wildman–Crippen LogP) is -0.469. The van der Waals surface area contributed by atoms with Gasteiger partial charge in [-0.3, -0.25) is 4.79 Å². The van der Waals surface area contributed by atoms with Crippen molar-refractivity contribution < 1.29 is 23.4 Å². The number of aliphatic carboxylic acids is 1. The average molecular weight is 280 g/mol. The van der Waals surface area contributed by atoms with Crippen molar-refractivity contribution in [3.63, 3.8) is 0 Å². The number of hydrogen-bond acceptors (Lipinski definition) is 4. The van der Waals surface area contributed by atoms with E-state index in [2.05, 4.69) is 4.72 Å². The fraction of sp³-hybridized carbons (Fsp3) is 0.900. The predicted molar refractivity (Wildman–Crippen MR) is 65.2 cm³/mol. The van der Waals surface area contributed by atoms with E-state index in [1.54, 1.807) is 6.92 Å². The van der Waals surface area contributed by atoms with Crippen LogP contribution < -0.4 is 4.72 Å². The Morgan fingerprint density at radius 2 is 2.17 bits per heavy atom. The Morgan fingerprint density at radius 1 is 1.50 bits per heavy atom. The van der Waals surface area contributed by atoms with Crippen molar-refractivity contribution in [2.45, 2.75) is 44.7 Å². The second-order valence-electron chi connectivity index (χ2n) is 4.50. The van der Waals surface area contributed by atoms with Crippen LogP contribution in [0, 0.1) is 0 Å². The molecule has 0 aromatic heterocycles. The van der Waals surface area contributed by atoms with Crippen LogP contribution in [0.3, 0.4) is 0 Å². The Morgan fingerprint density at radius 3 is 2.72 bits per heavy atom. The first kappa shape index (κ1) is 15.4. The van der Waals surface area contributed by atoms with Gasteiger partial charge in [-0.25, -0.2) is 0 Å². The van der Waals surface area contributed by atoms with Gasteiger partial charge in [0.1, 0.15) is 6.04 Å². The van der Waals surface area contributed by atoms with Gasteiger partial charge in [-0.15, -0.1) is 0 Å². The lowest BCUT2D eigenvalue weighted by Crippen LogP contribution is -2.53. The summed E-state index contributed by atoms with van der Waals surface area (Å²) < 4.78 is 27.5. The molecule has 1 heterocycles. The number of nitrogens with one attached hydrogen (secondary N) is 1. The van der Waals surface area contributed by atoms with E-state index >= 15 is 0 Å². The highest BCUT2D eigenvalue weighted by Crippen LogP contribution is 2.20. The van der Waals surface area contributed by atoms with Crippen LogP contribution >= 0.6 is 0 Å². The molecule has 7 nitrogen and oxygen atoms in total. The highest BCUT2D eigenvalue weighted by molar-refractivity contribution is 7.87. The number of carboxylic acid groups (broad SMARTS) is 1. The van der Waals surface area contributed by atoms with Crippen molar-refractivity contribution in [2.24, 2.45) is 0 Å². The van der Waals surface area contributed by atoms with E-state index in [0.29, 0.717) is 19.3 Å². The molecule has 0 aromatic rings. The van der Waals surface area contributed by atoms with Gasteiger partial charge in [0, 0.05) is 19.2 Å². The molecule has 0 bridgehead atoms. The number of aliphatic hydroxyl groups is 1. The second-order valence-corrected chi connectivity index (χ2v) is 6.15. The first-order valence-electron chi connectivity index (χ1n) is 6.01. The molecule has 18 heavy (non-hydrogen) atoms. The Bertz CT molecular complexity index is 384. The molecule has 0 radical (unpaired) electrons. The average Bonchev–Trinajstić information content (AvgIpc) is 2.28. The Labute approximate surface area is 107 Å². The summed E-state index contributed by atoms with van der Waals surface area (Å²) in [6.45, 7) is 1.73. The lowest BCUT2D eigenvalue weighted by Gasteiger charge is -2.32. The summed E-state index contributed by atoms with van der Waals surface area (Å²) in [7, 11) is -3.81. The maximum Gasteiger partial charge on any atom is 0.322 e. The molecule has 1 aliphatic heterocycles. The van der Waals surface area contributed by atoms with Crippen molar-refractivity contribution in [3.8, 4) is 0 Å². The first-order chi connectivity index (χ1) is 8.38. The topological polar surface area (TPSA) is 107 Å². The number of aliphatic hydroxyl groups excluding tert-OH is 1. The molecule has 1 rings (SSSR count). The third-order valence-electron chi connectivity index (χ3n) is 2.96. The molecule has 0 aliphatic carbocycles. The van der Waals surface area contributed by atoms with Crippen LogP contribution in [-0.4, -0.2) is 54.1 Å². The van der Waals surface area contributed by atoms with Crippen molar-refractivity contribution in [1.82, 2.24) is 9.03 Å². The zero-order valence-corrected chi connectivity index (χ0v) is 11.2. The summed E-state index contributed by atoms with van der Waals surface area (Å²) >= 11 is 0. The maximum absolute atomic E-state index is 12.1. The van der Waals surface area contributed by atoms with Gasteiger partial charge in [0.15, 0.2) is 0 Å². The number of nitrogens with zero attached hydrogens (tertiary/aromatic N) is 1. The Kier molecular flexibility index (Phi) is 5.51. The number of carboxylic acids is 1. The first-order valence-corrected chi connectivity index (χ1v) is 7.45. The molecule has 1 aliphatic rings. The quantitative estimate of drug-likeness (QED) is 0.610. The minimum atomic E-state index is -3.81. The third kappa shape index (κ3) is 3.91.